The summed E-state index contributed by atoms with van der Waals surface area (Å²) in [6.07, 6.45) is 10.6. The molecule has 2 aliphatic rings. The average Bonchev–Trinajstić information content (AvgIpc) is 2.48. The van der Waals surface area contributed by atoms with Gasteiger partial charge in [0.25, 0.3) is 0 Å². The molecule has 0 nitrogen and oxygen atoms in total. The molecule has 0 amide bonds. The highest BCUT2D eigenvalue weighted by Crippen LogP contribution is 2.53. The van der Waals surface area contributed by atoms with Crippen LogP contribution in [0.25, 0.3) is 0 Å². The lowest BCUT2D eigenvalue weighted by molar-refractivity contribution is 0.0723. The second kappa shape index (κ2) is 3.05. The zero-order valence-corrected chi connectivity index (χ0v) is 8.60. The van der Waals surface area contributed by atoms with Crippen molar-refractivity contribution >= 4 is 0 Å². The van der Waals surface area contributed by atoms with Crippen LogP contribution >= 0.6 is 0 Å². The minimum Gasteiger partial charge on any atom is -0.0651 e. The van der Waals surface area contributed by atoms with Crippen LogP contribution in [-0.2, 0) is 0 Å². The van der Waals surface area contributed by atoms with Gasteiger partial charge in [-0.3, -0.25) is 0 Å². The fourth-order valence-electron chi connectivity index (χ4n) is 3.22. The van der Waals surface area contributed by atoms with E-state index < -0.39 is 0 Å². The first kappa shape index (κ1) is 8.59. The minimum atomic E-state index is 0.782. The molecule has 0 heterocycles. The maximum atomic E-state index is 2.53. The molecule has 0 aromatic carbocycles. The van der Waals surface area contributed by atoms with Crippen LogP contribution in [-0.4, -0.2) is 0 Å². The largest absolute Gasteiger partial charge is 0.0651 e. The molecule has 2 fully saturated rings. The third kappa shape index (κ3) is 1.30. The van der Waals surface area contributed by atoms with Crippen molar-refractivity contribution in [3.8, 4) is 0 Å². The molecule has 0 heteroatoms. The molecule has 0 spiro atoms. The molecule has 0 radical (unpaired) electrons. The maximum Gasteiger partial charge on any atom is -0.0297 e. The molecule has 2 unspecified atom stereocenters. The fraction of sp³-hybridized carbons (Fsp3) is 1.00. The van der Waals surface area contributed by atoms with Crippen molar-refractivity contribution in [1.82, 2.24) is 0 Å². The Labute approximate surface area is 76.7 Å². The van der Waals surface area contributed by atoms with Gasteiger partial charge in [-0.15, -0.1) is 0 Å². The number of hydrogen-bond donors (Lipinski definition) is 0. The highest BCUT2D eigenvalue weighted by molar-refractivity contribution is 4.93. The van der Waals surface area contributed by atoms with E-state index in [0.717, 1.165) is 17.3 Å². The Kier molecular flexibility index (Phi) is 2.18. The summed E-state index contributed by atoms with van der Waals surface area (Å²) in [7, 11) is 0. The second-order valence-electron chi connectivity index (χ2n) is 5.29. The molecule has 0 aromatic rings. The zero-order valence-electron chi connectivity index (χ0n) is 8.60. The molecule has 0 N–H and O–H groups in total. The highest BCUT2D eigenvalue weighted by atomic mass is 14.5. The smallest absolute Gasteiger partial charge is 0.0297 e. The van der Waals surface area contributed by atoms with Crippen LogP contribution in [0.5, 0.6) is 0 Å². The Morgan fingerprint density at radius 2 is 2.00 bits per heavy atom. The van der Waals surface area contributed by atoms with Gasteiger partial charge in [-0.05, 0) is 42.9 Å². The van der Waals surface area contributed by atoms with E-state index in [1.807, 2.05) is 0 Å². The van der Waals surface area contributed by atoms with Gasteiger partial charge in [0.1, 0.15) is 0 Å². The van der Waals surface area contributed by atoms with Crippen molar-refractivity contribution in [1.29, 1.82) is 0 Å². The fourth-order valence-corrected chi connectivity index (χ4v) is 3.22. The molecule has 70 valence electrons. The van der Waals surface area contributed by atoms with Gasteiger partial charge in [0.2, 0.25) is 0 Å². The summed E-state index contributed by atoms with van der Waals surface area (Å²) in [6.45, 7) is 4.88. The first-order valence-corrected chi connectivity index (χ1v) is 5.74. The van der Waals surface area contributed by atoms with Crippen LogP contribution in [0, 0.1) is 17.3 Å². The third-order valence-electron chi connectivity index (χ3n) is 4.60. The molecule has 2 atom stereocenters. The van der Waals surface area contributed by atoms with Crippen molar-refractivity contribution in [2.24, 2.45) is 17.3 Å². The van der Waals surface area contributed by atoms with E-state index in [9.17, 15) is 0 Å². The molecule has 2 saturated carbocycles. The lowest BCUT2D eigenvalue weighted by Gasteiger charge is -2.44. The number of hydrogen-bond acceptors (Lipinski definition) is 0. The summed E-state index contributed by atoms with van der Waals surface area (Å²) in [5.74, 6) is 2.17. The molecule has 0 aliphatic heterocycles. The molecule has 2 rings (SSSR count). The Morgan fingerprint density at radius 1 is 1.25 bits per heavy atom. The standard InChI is InChI=1S/C12H22/c1-3-10-5-6-11(9-10)12(2)7-4-8-12/h10-11H,3-9H2,1-2H3. The third-order valence-corrected chi connectivity index (χ3v) is 4.60. The molecule has 0 aromatic heterocycles. The van der Waals surface area contributed by atoms with Crippen molar-refractivity contribution in [3.05, 3.63) is 0 Å². The Balaban J connectivity index is 1.90. The summed E-state index contributed by atoms with van der Waals surface area (Å²) in [5, 5.41) is 0. The normalized spacial score (nSPS) is 39.5. The maximum absolute atomic E-state index is 2.53. The van der Waals surface area contributed by atoms with Crippen LogP contribution < -0.4 is 0 Å². The van der Waals surface area contributed by atoms with Gasteiger partial charge in [-0.1, -0.05) is 33.1 Å². The molecule has 0 bridgehead atoms. The highest BCUT2D eigenvalue weighted by Gasteiger charge is 2.42. The summed E-state index contributed by atoms with van der Waals surface area (Å²) in [6, 6.07) is 0. The first-order chi connectivity index (χ1) is 5.74. The van der Waals surface area contributed by atoms with E-state index in [4.69, 9.17) is 0 Å². The van der Waals surface area contributed by atoms with Crippen molar-refractivity contribution < 1.29 is 0 Å². The van der Waals surface area contributed by atoms with Gasteiger partial charge in [0.15, 0.2) is 0 Å². The van der Waals surface area contributed by atoms with E-state index in [2.05, 4.69) is 13.8 Å². The second-order valence-corrected chi connectivity index (χ2v) is 5.29. The van der Waals surface area contributed by atoms with Crippen molar-refractivity contribution in [3.63, 3.8) is 0 Å². The summed E-state index contributed by atoms with van der Waals surface area (Å²) < 4.78 is 0. The van der Waals surface area contributed by atoms with Gasteiger partial charge in [-0.25, -0.2) is 0 Å². The predicted octanol–water partition coefficient (Wildman–Crippen LogP) is 4.00. The predicted molar refractivity (Wildman–Crippen MR) is 53.1 cm³/mol. The van der Waals surface area contributed by atoms with Gasteiger partial charge >= 0.3 is 0 Å². The van der Waals surface area contributed by atoms with E-state index in [1.54, 1.807) is 6.42 Å². The lowest BCUT2D eigenvalue weighted by atomic mass is 9.62. The van der Waals surface area contributed by atoms with Gasteiger partial charge in [0.05, 0.1) is 0 Å². The Morgan fingerprint density at radius 3 is 2.42 bits per heavy atom. The SMILES string of the molecule is CCC1CCC(C2(C)CCC2)C1. The van der Waals surface area contributed by atoms with Crippen LogP contribution in [0.15, 0.2) is 0 Å². The molecular weight excluding hydrogens is 144 g/mol. The van der Waals surface area contributed by atoms with E-state index in [1.165, 1.54) is 38.5 Å². The van der Waals surface area contributed by atoms with Gasteiger partial charge in [0, 0.05) is 0 Å². The molecular formula is C12H22. The first-order valence-electron chi connectivity index (χ1n) is 5.74. The van der Waals surface area contributed by atoms with Gasteiger partial charge in [-0.2, -0.15) is 0 Å². The van der Waals surface area contributed by atoms with E-state index in [-0.39, 0.29) is 0 Å². The van der Waals surface area contributed by atoms with Crippen LogP contribution in [0.1, 0.15) is 58.8 Å². The average molecular weight is 166 g/mol. The topological polar surface area (TPSA) is 0 Å². The molecule has 12 heavy (non-hydrogen) atoms. The summed E-state index contributed by atoms with van der Waals surface area (Å²) in [5.41, 5.74) is 0.782. The molecule has 0 saturated heterocycles. The van der Waals surface area contributed by atoms with Crippen LogP contribution in [0.2, 0.25) is 0 Å². The zero-order chi connectivity index (χ0) is 8.60. The molecule has 2 aliphatic carbocycles. The Hall–Kier alpha value is 0. The monoisotopic (exact) mass is 166 g/mol. The van der Waals surface area contributed by atoms with E-state index in [0.29, 0.717) is 0 Å². The van der Waals surface area contributed by atoms with Crippen LogP contribution in [0.4, 0.5) is 0 Å². The van der Waals surface area contributed by atoms with Crippen molar-refractivity contribution in [2.75, 3.05) is 0 Å². The van der Waals surface area contributed by atoms with E-state index >= 15 is 0 Å². The van der Waals surface area contributed by atoms with Crippen LogP contribution in [0.3, 0.4) is 0 Å². The van der Waals surface area contributed by atoms with Gasteiger partial charge < -0.3 is 0 Å². The summed E-state index contributed by atoms with van der Waals surface area (Å²) >= 11 is 0. The quantitative estimate of drug-likeness (QED) is 0.581. The summed E-state index contributed by atoms with van der Waals surface area (Å²) in [4.78, 5) is 0. The van der Waals surface area contributed by atoms with Crippen molar-refractivity contribution in [2.45, 2.75) is 58.8 Å². The minimum absolute atomic E-state index is 0.782. The lowest BCUT2D eigenvalue weighted by Crippen LogP contribution is -2.33. The Bertz CT molecular complexity index is 155. The number of rotatable bonds is 2.